The molecule has 1 atom stereocenters. The van der Waals surface area contributed by atoms with Gasteiger partial charge in [-0.25, -0.2) is 4.98 Å². The van der Waals surface area contributed by atoms with Crippen molar-refractivity contribution < 1.29 is 0 Å². The molecule has 0 bridgehead atoms. The van der Waals surface area contributed by atoms with Crippen molar-refractivity contribution in [1.82, 2.24) is 14.9 Å². The van der Waals surface area contributed by atoms with E-state index in [1.165, 1.54) is 23.3 Å². The van der Waals surface area contributed by atoms with E-state index in [2.05, 4.69) is 41.9 Å². The van der Waals surface area contributed by atoms with E-state index < -0.39 is 0 Å². The third-order valence-electron chi connectivity index (χ3n) is 3.93. The summed E-state index contributed by atoms with van der Waals surface area (Å²) in [5, 5.41) is 3.44. The van der Waals surface area contributed by atoms with Crippen molar-refractivity contribution in [2.24, 2.45) is 5.92 Å². The molecule has 3 rings (SSSR count). The van der Waals surface area contributed by atoms with Crippen LogP contribution >= 0.6 is 0 Å². The molecule has 2 heterocycles. The lowest BCUT2D eigenvalue weighted by atomic mass is 10.0. The largest absolute Gasteiger partial charge is 0.328 e. The van der Waals surface area contributed by atoms with Crippen LogP contribution < -0.4 is 5.32 Å². The highest BCUT2D eigenvalue weighted by molar-refractivity contribution is 5.76. The number of hydrogen-bond donors (Lipinski definition) is 1. The second-order valence-electron chi connectivity index (χ2n) is 5.33. The second kappa shape index (κ2) is 4.73. The van der Waals surface area contributed by atoms with Gasteiger partial charge in [0.05, 0.1) is 11.0 Å². The minimum Gasteiger partial charge on any atom is -0.328 e. The molecular weight excluding hydrogens is 222 g/mol. The van der Waals surface area contributed by atoms with Crippen molar-refractivity contribution in [2.45, 2.75) is 33.2 Å². The van der Waals surface area contributed by atoms with Crippen LogP contribution in [-0.2, 0) is 13.0 Å². The zero-order chi connectivity index (χ0) is 12.5. The van der Waals surface area contributed by atoms with E-state index in [0.29, 0.717) is 0 Å². The molecule has 3 heteroatoms. The van der Waals surface area contributed by atoms with Gasteiger partial charge in [0.25, 0.3) is 0 Å². The first kappa shape index (κ1) is 11.7. The predicted octanol–water partition coefficient (Wildman–Crippen LogP) is 2.52. The second-order valence-corrected chi connectivity index (χ2v) is 5.33. The molecule has 1 saturated heterocycles. The average Bonchev–Trinajstić information content (AvgIpc) is 2.96. The summed E-state index contributed by atoms with van der Waals surface area (Å²) in [6.45, 7) is 7.65. The fraction of sp³-hybridized carbons (Fsp3) is 0.533. The number of benzene rings is 1. The maximum atomic E-state index is 4.84. The summed E-state index contributed by atoms with van der Waals surface area (Å²) in [5.74, 6) is 2.01. The first-order valence-corrected chi connectivity index (χ1v) is 6.94. The Balaban J connectivity index is 1.99. The van der Waals surface area contributed by atoms with Crippen LogP contribution in [-0.4, -0.2) is 22.6 Å². The normalized spacial score (nSPS) is 19.8. The fourth-order valence-electron chi connectivity index (χ4n) is 2.95. The van der Waals surface area contributed by atoms with Gasteiger partial charge in [-0.1, -0.05) is 6.07 Å². The van der Waals surface area contributed by atoms with Crippen LogP contribution in [0.2, 0.25) is 0 Å². The number of aromatic nitrogens is 2. The monoisotopic (exact) mass is 243 g/mol. The molecule has 96 valence electrons. The van der Waals surface area contributed by atoms with Crippen molar-refractivity contribution in [3.8, 4) is 0 Å². The predicted molar refractivity (Wildman–Crippen MR) is 74.8 cm³/mol. The van der Waals surface area contributed by atoms with Crippen LogP contribution in [0.25, 0.3) is 11.0 Å². The highest BCUT2D eigenvalue weighted by Gasteiger charge is 2.18. The summed E-state index contributed by atoms with van der Waals surface area (Å²) in [5.41, 5.74) is 3.72. The molecule has 2 aromatic rings. The molecule has 1 fully saturated rings. The van der Waals surface area contributed by atoms with Crippen LogP contribution in [0, 0.1) is 12.8 Å². The first-order valence-electron chi connectivity index (χ1n) is 6.94. The van der Waals surface area contributed by atoms with Gasteiger partial charge in [-0.05, 0) is 57.0 Å². The van der Waals surface area contributed by atoms with Crippen molar-refractivity contribution in [2.75, 3.05) is 13.1 Å². The van der Waals surface area contributed by atoms with Gasteiger partial charge in [-0.2, -0.15) is 0 Å². The SMILES string of the molecule is CCn1c(CC2CCNC2)nc2cc(C)ccc21. The Bertz CT molecular complexity index is 550. The van der Waals surface area contributed by atoms with Crippen LogP contribution in [0.4, 0.5) is 0 Å². The van der Waals surface area contributed by atoms with E-state index in [9.17, 15) is 0 Å². The summed E-state index contributed by atoms with van der Waals surface area (Å²) >= 11 is 0. The lowest BCUT2D eigenvalue weighted by Crippen LogP contribution is -2.13. The number of imidazole rings is 1. The Kier molecular flexibility index (Phi) is 3.08. The minimum absolute atomic E-state index is 0.758. The van der Waals surface area contributed by atoms with E-state index >= 15 is 0 Å². The number of nitrogens with one attached hydrogen (secondary N) is 1. The zero-order valence-electron chi connectivity index (χ0n) is 11.2. The van der Waals surface area contributed by atoms with Gasteiger partial charge in [-0.3, -0.25) is 0 Å². The summed E-state index contributed by atoms with van der Waals surface area (Å²) in [6.07, 6.45) is 2.39. The van der Waals surface area contributed by atoms with Crippen molar-refractivity contribution in [3.05, 3.63) is 29.6 Å². The number of rotatable bonds is 3. The molecule has 0 radical (unpaired) electrons. The standard InChI is InChI=1S/C15H21N3/c1-3-18-14-5-4-11(2)8-13(14)17-15(18)9-12-6-7-16-10-12/h4-5,8,12,16H,3,6-7,9-10H2,1-2H3. The van der Waals surface area contributed by atoms with Crippen LogP contribution in [0.15, 0.2) is 18.2 Å². The molecule has 1 aliphatic rings. The quantitative estimate of drug-likeness (QED) is 0.897. The minimum atomic E-state index is 0.758. The Morgan fingerprint density at radius 2 is 2.33 bits per heavy atom. The molecule has 0 amide bonds. The smallest absolute Gasteiger partial charge is 0.110 e. The van der Waals surface area contributed by atoms with Gasteiger partial charge in [0.2, 0.25) is 0 Å². The number of aryl methyl sites for hydroxylation is 2. The summed E-state index contributed by atoms with van der Waals surface area (Å²) in [4.78, 5) is 4.84. The molecule has 1 aromatic carbocycles. The Labute approximate surface area is 108 Å². The first-order chi connectivity index (χ1) is 8.78. The molecule has 1 aliphatic heterocycles. The van der Waals surface area contributed by atoms with Crippen LogP contribution in [0.1, 0.15) is 24.7 Å². The topological polar surface area (TPSA) is 29.9 Å². The van der Waals surface area contributed by atoms with Gasteiger partial charge in [0, 0.05) is 13.0 Å². The Morgan fingerprint density at radius 1 is 1.44 bits per heavy atom. The summed E-state index contributed by atoms with van der Waals surface area (Å²) in [7, 11) is 0. The van der Waals surface area contributed by atoms with Gasteiger partial charge in [0.15, 0.2) is 0 Å². The van der Waals surface area contributed by atoms with Crippen molar-refractivity contribution >= 4 is 11.0 Å². The van der Waals surface area contributed by atoms with Crippen LogP contribution in [0.3, 0.4) is 0 Å². The average molecular weight is 243 g/mol. The van der Waals surface area contributed by atoms with Crippen molar-refractivity contribution in [3.63, 3.8) is 0 Å². The van der Waals surface area contributed by atoms with E-state index in [-0.39, 0.29) is 0 Å². The molecule has 0 spiro atoms. The fourth-order valence-corrected chi connectivity index (χ4v) is 2.95. The molecule has 18 heavy (non-hydrogen) atoms. The lowest BCUT2D eigenvalue weighted by molar-refractivity contribution is 0.543. The molecule has 1 unspecified atom stereocenters. The number of nitrogens with zero attached hydrogens (tertiary/aromatic N) is 2. The van der Waals surface area contributed by atoms with Crippen molar-refractivity contribution in [1.29, 1.82) is 0 Å². The summed E-state index contributed by atoms with van der Waals surface area (Å²) in [6, 6.07) is 6.58. The lowest BCUT2D eigenvalue weighted by Gasteiger charge is -2.10. The zero-order valence-corrected chi connectivity index (χ0v) is 11.2. The maximum absolute atomic E-state index is 4.84. The third kappa shape index (κ3) is 2.03. The Hall–Kier alpha value is -1.35. The van der Waals surface area contributed by atoms with Gasteiger partial charge < -0.3 is 9.88 Å². The summed E-state index contributed by atoms with van der Waals surface area (Å²) < 4.78 is 2.37. The van der Waals surface area contributed by atoms with E-state index in [1.54, 1.807) is 0 Å². The van der Waals surface area contributed by atoms with E-state index in [4.69, 9.17) is 4.98 Å². The highest BCUT2D eigenvalue weighted by Crippen LogP contribution is 2.21. The maximum Gasteiger partial charge on any atom is 0.110 e. The highest BCUT2D eigenvalue weighted by atomic mass is 15.1. The van der Waals surface area contributed by atoms with E-state index in [0.717, 1.165) is 37.5 Å². The molecule has 1 N–H and O–H groups in total. The number of hydrogen-bond acceptors (Lipinski definition) is 2. The molecule has 0 aliphatic carbocycles. The van der Waals surface area contributed by atoms with E-state index in [1.807, 2.05) is 0 Å². The molecule has 3 nitrogen and oxygen atoms in total. The third-order valence-corrected chi connectivity index (χ3v) is 3.93. The molecular formula is C15H21N3. The Morgan fingerprint density at radius 3 is 3.06 bits per heavy atom. The van der Waals surface area contributed by atoms with Gasteiger partial charge >= 0.3 is 0 Å². The number of fused-ring (bicyclic) bond motifs is 1. The van der Waals surface area contributed by atoms with Crippen LogP contribution in [0.5, 0.6) is 0 Å². The molecule has 1 aromatic heterocycles. The van der Waals surface area contributed by atoms with Gasteiger partial charge in [0.1, 0.15) is 5.82 Å². The van der Waals surface area contributed by atoms with Gasteiger partial charge in [-0.15, -0.1) is 0 Å². The molecule has 0 saturated carbocycles.